The Balaban J connectivity index is 2.33. The predicted molar refractivity (Wildman–Crippen MR) is 78.0 cm³/mol. The summed E-state index contributed by atoms with van der Waals surface area (Å²) >= 11 is 1.31. The van der Waals surface area contributed by atoms with E-state index in [0.717, 1.165) is 0 Å². The standard InChI is InChI=1S/C11H13N5O2S2/c1-7-13-10(15-11(14-7)19-2)16-20(17,18)9-5-3-8(12)4-6-9/h3-6H,12H2,1-2H3,(H,13,14,15,16). The lowest BCUT2D eigenvalue weighted by Crippen LogP contribution is -2.16. The summed E-state index contributed by atoms with van der Waals surface area (Å²) < 4.78 is 26.7. The summed E-state index contributed by atoms with van der Waals surface area (Å²) in [6, 6.07) is 5.86. The minimum absolute atomic E-state index is 0.00123. The van der Waals surface area contributed by atoms with Gasteiger partial charge in [0.1, 0.15) is 5.82 Å². The Morgan fingerprint density at radius 1 is 1.15 bits per heavy atom. The average molecular weight is 311 g/mol. The van der Waals surface area contributed by atoms with Crippen LogP contribution in [0.4, 0.5) is 11.6 Å². The molecule has 0 amide bonds. The van der Waals surface area contributed by atoms with E-state index in [-0.39, 0.29) is 10.8 Å². The number of hydrogen-bond acceptors (Lipinski definition) is 7. The van der Waals surface area contributed by atoms with Crippen LogP contribution in [0.1, 0.15) is 5.82 Å². The number of sulfonamides is 1. The third-order valence-corrected chi connectivity index (χ3v) is 4.22. The van der Waals surface area contributed by atoms with Crippen molar-refractivity contribution in [3.8, 4) is 0 Å². The maximum atomic E-state index is 12.2. The third kappa shape index (κ3) is 3.36. The smallest absolute Gasteiger partial charge is 0.264 e. The fourth-order valence-electron chi connectivity index (χ4n) is 1.42. The number of aryl methyl sites for hydroxylation is 1. The second-order valence-electron chi connectivity index (χ2n) is 3.87. The van der Waals surface area contributed by atoms with E-state index in [9.17, 15) is 8.42 Å². The van der Waals surface area contributed by atoms with Crippen molar-refractivity contribution in [3.63, 3.8) is 0 Å². The Morgan fingerprint density at radius 3 is 2.40 bits per heavy atom. The van der Waals surface area contributed by atoms with E-state index >= 15 is 0 Å². The van der Waals surface area contributed by atoms with Gasteiger partial charge in [0, 0.05) is 5.69 Å². The molecule has 0 aliphatic rings. The van der Waals surface area contributed by atoms with E-state index in [4.69, 9.17) is 5.73 Å². The van der Waals surface area contributed by atoms with Crippen LogP contribution >= 0.6 is 11.8 Å². The minimum Gasteiger partial charge on any atom is -0.399 e. The first-order chi connectivity index (χ1) is 9.40. The first kappa shape index (κ1) is 14.5. The van der Waals surface area contributed by atoms with Gasteiger partial charge in [-0.2, -0.15) is 9.97 Å². The van der Waals surface area contributed by atoms with Gasteiger partial charge in [-0.3, -0.25) is 0 Å². The van der Waals surface area contributed by atoms with Crippen LogP contribution in [0.15, 0.2) is 34.3 Å². The second-order valence-corrected chi connectivity index (χ2v) is 6.32. The molecule has 0 atom stereocenters. The average Bonchev–Trinajstić information content (AvgIpc) is 2.37. The maximum absolute atomic E-state index is 12.2. The molecule has 0 fully saturated rings. The van der Waals surface area contributed by atoms with E-state index in [1.807, 2.05) is 0 Å². The van der Waals surface area contributed by atoms with Crippen LogP contribution in [0, 0.1) is 6.92 Å². The molecule has 1 heterocycles. The predicted octanol–water partition coefficient (Wildman–Crippen LogP) is 1.28. The summed E-state index contributed by atoms with van der Waals surface area (Å²) in [5.41, 5.74) is 6.02. The van der Waals surface area contributed by atoms with Gasteiger partial charge in [0.05, 0.1) is 4.90 Å². The molecule has 2 rings (SSSR count). The highest BCUT2D eigenvalue weighted by Crippen LogP contribution is 2.16. The van der Waals surface area contributed by atoms with Crippen molar-refractivity contribution in [3.05, 3.63) is 30.1 Å². The van der Waals surface area contributed by atoms with Crippen LogP contribution < -0.4 is 10.5 Å². The summed E-state index contributed by atoms with van der Waals surface area (Å²) in [5, 5.41) is 0.451. The topological polar surface area (TPSA) is 111 Å². The number of nitrogens with zero attached hydrogens (tertiary/aromatic N) is 3. The zero-order chi connectivity index (χ0) is 14.8. The van der Waals surface area contributed by atoms with Crippen molar-refractivity contribution in [1.29, 1.82) is 0 Å². The summed E-state index contributed by atoms with van der Waals surface area (Å²) in [7, 11) is -3.74. The molecule has 3 N–H and O–H groups in total. The summed E-state index contributed by atoms with van der Waals surface area (Å²) in [4.78, 5) is 12.1. The zero-order valence-electron chi connectivity index (χ0n) is 10.9. The molecule has 0 aliphatic carbocycles. The number of nitrogens with one attached hydrogen (secondary N) is 1. The number of nitrogens with two attached hydrogens (primary N) is 1. The molecule has 0 aliphatic heterocycles. The molecule has 20 heavy (non-hydrogen) atoms. The number of thioether (sulfide) groups is 1. The molecule has 0 saturated carbocycles. The quantitative estimate of drug-likeness (QED) is 0.646. The normalized spacial score (nSPS) is 11.3. The van der Waals surface area contributed by atoms with Gasteiger partial charge in [0.25, 0.3) is 10.0 Å². The molecule has 106 valence electrons. The van der Waals surface area contributed by atoms with Gasteiger partial charge in [-0.05, 0) is 37.4 Å². The van der Waals surface area contributed by atoms with Crippen LogP contribution in [0.2, 0.25) is 0 Å². The van der Waals surface area contributed by atoms with Crippen LogP contribution in [0.25, 0.3) is 0 Å². The second kappa shape index (κ2) is 5.63. The number of benzene rings is 1. The fraction of sp³-hybridized carbons (Fsp3) is 0.182. The van der Waals surface area contributed by atoms with E-state index in [1.165, 1.54) is 36.0 Å². The number of hydrogen-bond donors (Lipinski definition) is 2. The van der Waals surface area contributed by atoms with Crippen molar-refractivity contribution >= 4 is 33.4 Å². The summed E-state index contributed by atoms with van der Waals surface area (Å²) in [5.74, 6) is 0.443. The van der Waals surface area contributed by atoms with Crippen molar-refractivity contribution < 1.29 is 8.42 Å². The van der Waals surface area contributed by atoms with Crippen LogP contribution in [0.3, 0.4) is 0 Å². The lowest BCUT2D eigenvalue weighted by atomic mass is 10.3. The molecule has 0 spiro atoms. The molecule has 9 heteroatoms. The summed E-state index contributed by atoms with van der Waals surface area (Å²) in [6.07, 6.45) is 1.80. The molecule has 2 aromatic rings. The molecule has 1 aromatic carbocycles. The van der Waals surface area contributed by atoms with E-state index in [2.05, 4.69) is 19.7 Å². The highest BCUT2D eigenvalue weighted by molar-refractivity contribution is 7.98. The van der Waals surface area contributed by atoms with Gasteiger partial charge in [0.2, 0.25) is 5.95 Å². The van der Waals surface area contributed by atoms with Crippen molar-refractivity contribution in [2.24, 2.45) is 0 Å². The van der Waals surface area contributed by atoms with Crippen LogP contribution in [0.5, 0.6) is 0 Å². The number of aromatic nitrogens is 3. The summed E-state index contributed by atoms with van der Waals surface area (Å²) in [6.45, 7) is 1.67. The zero-order valence-corrected chi connectivity index (χ0v) is 12.5. The lowest BCUT2D eigenvalue weighted by molar-refractivity contribution is 0.600. The molecule has 0 bridgehead atoms. The van der Waals surface area contributed by atoms with Crippen LogP contribution in [-0.4, -0.2) is 29.6 Å². The highest BCUT2D eigenvalue weighted by atomic mass is 32.2. The first-order valence-corrected chi connectivity index (χ1v) is 8.26. The number of nitrogen functional groups attached to an aromatic ring is 1. The molecule has 0 saturated heterocycles. The number of rotatable bonds is 4. The maximum Gasteiger partial charge on any atom is 0.264 e. The van der Waals surface area contributed by atoms with E-state index < -0.39 is 10.0 Å². The Labute approximate surface area is 121 Å². The molecule has 0 unspecified atom stereocenters. The van der Waals surface area contributed by atoms with Gasteiger partial charge in [-0.15, -0.1) is 0 Å². The van der Waals surface area contributed by atoms with Crippen molar-refractivity contribution in [2.75, 3.05) is 16.7 Å². The minimum atomic E-state index is -3.74. The first-order valence-electron chi connectivity index (χ1n) is 5.56. The van der Waals surface area contributed by atoms with Crippen LogP contribution in [-0.2, 0) is 10.0 Å². The Hall–Kier alpha value is -1.87. The van der Waals surface area contributed by atoms with Crippen molar-refractivity contribution in [1.82, 2.24) is 15.0 Å². The molecule has 1 aromatic heterocycles. The fourth-order valence-corrected chi connectivity index (χ4v) is 2.77. The third-order valence-electron chi connectivity index (χ3n) is 2.33. The van der Waals surface area contributed by atoms with Gasteiger partial charge in [0.15, 0.2) is 5.16 Å². The Morgan fingerprint density at radius 2 is 1.80 bits per heavy atom. The Kier molecular flexibility index (Phi) is 4.09. The van der Waals surface area contributed by atoms with E-state index in [1.54, 1.807) is 13.2 Å². The molecular weight excluding hydrogens is 298 g/mol. The van der Waals surface area contributed by atoms with Gasteiger partial charge in [-0.25, -0.2) is 18.1 Å². The Bertz CT molecular complexity index is 716. The molecule has 0 radical (unpaired) electrons. The van der Waals surface area contributed by atoms with Gasteiger partial charge in [-0.1, -0.05) is 11.8 Å². The number of anilines is 2. The van der Waals surface area contributed by atoms with E-state index in [0.29, 0.717) is 16.7 Å². The van der Waals surface area contributed by atoms with Crippen molar-refractivity contribution in [2.45, 2.75) is 17.0 Å². The monoisotopic (exact) mass is 311 g/mol. The highest BCUT2D eigenvalue weighted by Gasteiger charge is 2.16. The lowest BCUT2D eigenvalue weighted by Gasteiger charge is -2.08. The largest absolute Gasteiger partial charge is 0.399 e. The molecular formula is C11H13N5O2S2. The van der Waals surface area contributed by atoms with Gasteiger partial charge < -0.3 is 5.73 Å². The molecule has 7 nitrogen and oxygen atoms in total. The SMILES string of the molecule is CSc1nc(C)nc(NS(=O)(=O)c2ccc(N)cc2)n1. The van der Waals surface area contributed by atoms with Gasteiger partial charge >= 0.3 is 0 Å².